The summed E-state index contributed by atoms with van der Waals surface area (Å²) in [6.07, 6.45) is -4.61. The largest absolute Gasteiger partial charge is 0.416 e. The van der Waals surface area contributed by atoms with Crippen LogP contribution in [0.2, 0.25) is 10.0 Å². The predicted octanol–water partition coefficient (Wildman–Crippen LogP) is 6.93. The molecule has 1 unspecified atom stereocenters. The Kier molecular flexibility index (Phi) is 10.8. The third-order valence-corrected chi connectivity index (χ3v) is 8.82. The second kappa shape index (κ2) is 13.6. The summed E-state index contributed by atoms with van der Waals surface area (Å²) in [6, 6.07) is 14.4. The second-order valence-electron chi connectivity index (χ2n) is 10.8. The molecule has 3 aromatic carbocycles. The summed E-state index contributed by atoms with van der Waals surface area (Å²) in [5, 5.41) is 3.31. The number of rotatable bonds is 10. The van der Waals surface area contributed by atoms with Crippen LogP contribution in [0.1, 0.15) is 45.2 Å². The zero-order valence-corrected chi connectivity index (χ0v) is 26.3. The third kappa shape index (κ3) is 8.87. The summed E-state index contributed by atoms with van der Waals surface area (Å²) in [6.45, 7) is 5.94. The van der Waals surface area contributed by atoms with E-state index in [0.29, 0.717) is 15.9 Å². The fourth-order valence-electron chi connectivity index (χ4n) is 4.29. The first kappa shape index (κ1) is 34.2. The van der Waals surface area contributed by atoms with Gasteiger partial charge in [-0.3, -0.25) is 13.9 Å². The number of carbonyl (C=O) groups excluding carboxylic acids is 2. The van der Waals surface area contributed by atoms with Gasteiger partial charge in [-0.1, -0.05) is 60.5 Å². The lowest BCUT2D eigenvalue weighted by atomic mass is 10.1. The number of nitrogens with zero attached hydrogens (tertiary/aromatic N) is 2. The number of amides is 2. The van der Waals surface area contributed by atoms with Crippen LogP contribution in [0.25, 0.3) is 0 Å². The highest BCUT2D eigenvalue weighted by molar-refractivity contribution is 7.92. The minimum atomic E-state index is -4.76. The van der Waals surface area contributed by atoms with E-state index < -0.39 is 51.7 Å². The van der Waals surface area contributed by atoms with Gasteiger partial charge in [0.2, 0.25) is 11.8 Å². The number of anilines is 1. The van der Waals surface area contributed by atoms with Gasteiger partial charge in [0.15, 0.2) is 0 Å². The van der Waals surface area contributed by atoms with Crippen LogP contribution >= 0.6 is 23.2 Å². The van der Waals surface area contributed by atoms with E-state index in [2.05, 4.69) is 5.32 Å². The number of hydrogen-bond acceptors (Lipinski definition) is 4. The average molecular weight is 659 g/mol. The van der Waals surface area contributed by atoms with Crippen LogP contribution < -0.4 is 9.62 Å². The van der Waals surface area contributed by atoms with E-state index in [1.807, 2.05) is 0 Å². The first-order valence-corrected chi connectivity index (χ1v) is 15.4. The van der Waals surface area contributed by atoms with E-state index in [9.17, 15) is 31.2 Å². The van der Waals surface area contributed by atoms with Crippen molar-refractivity contribution in [2.45, 2.75) is 63.3 Å². The molecule has 0 saturated carbocycles. The van der Waals surface area contributed by atoms with E-state index in [1.54, 1.807) is 39.8 Å². The smallest absolute Gasteiger partial charge is 0.350 e. The molecule has 2 amide bonds. The van der Waals surface area contributed by atoms with Gasteiger partial charge >= 0.3 is 6.18 Å². The van der Waals surface area contributed by atoms with Crippen LogP contribution in [0, 0.1) is 0 Å². The number of hydrogen-bond donors (Lipinski definition) is 1. The molecule has 43 heavy (non-hydrogen) atoms. The highest BCUT2D eigenvalue weighted by atomic mass is 35.5. The first-order valence-electron chi connectivity index (χ1n) is 13.2. The molecule has 0 spiro atoms. The van der Waals surface area contributed by atoms with Gasteiger partial charge in [0, 0.05) is 12.1 Å². The topological polar surface area (TPSA) is 86.8 Å². The molecular weight excluding hydrogens is 626 g/mol. The van der Waals surface area contributed by atoms with Crippen molar-refractivity contribution in [3.05, 3.63) is 94.0 Å². The molecule has 1 atom stereocenters. The molecule has 3 aromatic rings. The normalized spacial score (nSPS) is 12.9. The van der Waals surface area contributed by atoms with Crippen LogP contribution in [-0.2, 0) is 32.3 Å². The van der Waals surface area contributed by atoms with Crippen molar-refractivity contribution >= 4 is 50.7 Å². The highest BCUT2D eigenvalue weighted by Crippen LogP contribution is 2.33. The zero-order chi connectivity index (χ0) is 32.2. The Bertz CT molecular complexity index is 1560. The van der Waals surface area contributed by atoms with Crippen molar-refractivity contribution in [3.8, 4) is 0 Å². The van der Waals surface area contributed by atoms with Crippen molar-refractivity contribution in [2.24, 2.45) is 0 Å². The van der Waals surface area contributed by atoms with Crippen molar-refractivity contribution in [2.75, 3.05) is 10.8 Å². The first-order chi connectivity index (χ1) is 19.9. The fraction of sp³-hybridized carbons (Fsp3) is 0.333. The molecule has 0 heterocycles. The quantitative estimate of drug-likeness (QED) is 0.256. The molecule has 0 bridgehead atoms. The Morgan fingerprint density at radius 1 is 0.907 bits per heavy atom. The number of nitrogens with one attached hydrogen (secondary N) is 1. The maximum Gasteiger partial charge on any atom is 0.416 e. The minimum Gasteiger partial charge on any atom is -0.350 e. The summed E-state index contributed by atoms with van der Waals surface area (Å²) in [5.74, 6) is -1.31. The SMILES string of the molecule is CCC(C(=O)NC(C)(C)C)N(Cc1ccc(Cl)c(Cl)c1)C(=O)CN(c1cccc(C(F)(F)F)c1)S(=O)(=O)c1ccccc1. The van der Waals surface area contributed by atoms with Crippen LogP contribution in [-0.4, -0.2) is 43.3 Å². The van der Waals surface area contributed by atoms with Gasteiger partial charge in [0.05, 0.1) is 26.2 Å². The average Bonchev–Trinajstić information content (AvgIpc) is 2.92. The van der Waals surface area contributed by atoms with Crippen LogP contribution in [0.3, 0.4) is 0 Å². The molecule has 1 N–H and O–H groups in total. The lowest BCUT2D eigenvalue weighted by molar-refractivity contribution is -0.141. The standard InChI is InChI=1S/C30H32Cl2F3N3O4S/c1-5-26(28(40)36-29(2,3)4)37(18-20-14-15-24(31)25(32)16-20)27(39)19-38(43(41,42)23-12-7-6-8-13-23)22-11-9-10-21(17-22)30(33,34)35/h6-17,26H,5,18-19H2,1-4H3,(H,36,40). The summed E-state index contributed by atoms with van der Waals surface area (Å²) in [4.78, 5) is 28.4. The van der Waals surface area contributed by atoms with Crippen molar-refractivity contribution in [1.29, 1.82) is 0 Å². The van der Waals surface area contributed by atoms with Gasteiger partial charge in [-0.05, 0) is 75.2 Å². The minimum absolute atomic E-state index is 0.157. The molecule has 0 radical (unpaired) electrons. The zero-order valence-electron chi connectivity index (χ0n) is 24.0. The molecule has 13 heteroatoms. The molecule has 0 aliphatic heterocycles. The van der Waals surface area contributed by atoms with Crippen molar-refractivity contribution < 1.29 is 31.2 Å². The molecule has 0 fully saturated rings. The van der Waals surface area contributed by atoms with Crippen molar-refractivity contribution in [3.63, 3.8) is 0 Å². The predicted molar refractivity (Wildman–Crippen MR) is 161 cm³/mol. The fourth-order valence-corrected chi connectivity index (χ4v) is 6.04. The van der Waals surface area contributed by atoms with Gasteiger partial charge in [-0.2, -0.15) is 13.2 Å². The maximum absolute atomic E-state index is 14.1. The maximum atomic E-state index is 14.1. The lowest BCUT2D eigenvalue weighted by Gasteiger charge is -2.35. The Labute approximate surface area is 259 Å². The van der Waals surface area contributed by atoms with Gasteiger partial charge < -0.3 is 10.2 Å². The Balaban J connectivity index is 2.13. The number of carbonyl (C=O) groups is 2. The summed E-state index contributed by atoms with van der Waals surface area (Å²) in [7, 11) is -4.53. The monoisotopic (exact) mass is 657 g/mol. The second-order valence-corrected chi connectivity index (χ2v) is 13.5. The number of halogens is 5. The lowest BCUT2D eigenvalue weighted by Crippen LogP contribution is -2.55. The summed E-state index contributed by atoms with van der Waals surface area (Å²) >= 11 is 12.2. The summed E-state index contributed by atoms with van der Waals surface area (Å²) in [5.41, 5.74) is -1.60. The molecule has 7 nitrogen and oxygen atoms in total. The van der Waals surface area contributed by atoms with Gasteiger partial charge in [-0.25, -0.2) is 8.42 Å². The van der Waals surface area contributed by atoms with Crippen LogP contribution in [0.4, 0.5) is 18.9 Å². The molecular formula is C30H32Cl2F3N3O4S. The van der Waals surface area contributed by atoms with Crippen molar-refractivity contribution in [1.82, 2.24) is 10.2 Å². The number of sulfonamides is 1. The van der Waals surface area contributed by atoms with Gasteiger partial charge in [0.25, 0.3) is 10.0 Å². The molecule has 3 rings (SSSR count). The molecule has 0 aromatic heterocycles. The van der Waals surface area contributed by atoms with Gasteiger partial charge in [0.1, 0.15) is 12.6 Å². The number of alkyl halides is 3. The molecule has 0 saturated heterocycles. The van der Waals surface area contributed by atoms with E-state index in [0.717, 1.165) is 12.1 Å². The van der Waals surface area contributed by atoms with E-state index >= 15 is 0 Å². The van der Waals surface area contributed by atoms with Gasteiger partial charge in [-0.15, -0.1) is 0 Å². The van der Waals surface area contributed by atoms with Crippen LogP contribution in [0.15, 0.2) is 77.7 Å². The Hall–Kier alpha value is -3.28. The summed E-state index contributed by atoms with van der Waals surface area (Å²) < 4.78 is 69.1. The molecule has 0 aliphatic rings. The number of benzene rings is 3. The van der Waals surface area contributed by atoms with E-state index in [-0.39, 0.29) is 33.6 Å². The van der Waals surface area contributed by atoms with E-state index in [1.165, 1.54) is 47.4 Å². The molecule has 232 valence electrons. The third-order valence-electron chi connectivity index (χ3n) is 6.29. The Morgan fingerprint density at radius 3 is 2.12 bits per heavy atom. The van der Waals surface area contributed by atoms with E-state index in [4.69, 9.17) is 23.2 Å². The molecule has 0 aliphatic carbocycles. The highest BCUT2D eigenvalue weighted by Gasteiger charge is 2.36. The van der Waals surface area contributed by atoms with Crippen LogP contribution in [0.5, 0.6) is 0 Å². The Morgan fingerprint density at radius 2 is 1.56 bits per heavy atom.